The number of hydrogen-bond acceptors (Lipinski definition) is 0. The summed E-state index contributed by atoms with van der Waals surface area (Å²) in [5.74, 6) is 0. The van der Waals surface area contributed by atoms with Gasteiger partial charge in [-0.15, -0.1) is 0 Å². The van der Waals surface area contributed by atoms with Crippen molar-refractivity contribution in [1.29, 1.82) is 0 Å². The van der Waals surface area contributed by atoms with Gasteiger partial charge in [0.1, 0.15) is 0 Å². The molecule has 4 heteroatoms. The zero-order valence-corrected chi connectivity index (χ0v) is 14.3. The maximum atomic E-state index is 0. The predicted octanol–water partition coefficient (Wildman–Crippen LogP) is -4.74. The van der Waals surface area contributed by atoms with Gasteiger partial charge in [0.25, 0.3) is 0 Å². The van der Waals surface area contributed by atoms with Gasteiger partial charge in [-0.25, -0.2) is 0 Å². The van der Waals surface area contributed by atoms with Crippen molar-refractivity contribution >= 4 is 91.9 Å². The molecular weight excluding hydrogens is 531 g/mol. The average Bonchev–Trinajstić information content (AvgIpc) is 0. The summed E-state index contributed by atoms with van der Waals surface area (Å²) in [5, 5.41) is 0. The summed E-state index contributed by atoms with van der Waals surface area (Å²) in [7, 11) is 0. The molecule has 0 fully saturated rings. The zero-order chi connectivity index (χ0) is 0. The standard InChI is InChI=1S/Bi.GeH4.Sb.H2Te.6H/h;1H4;;1H2;;;;;;. The molecule has 0 amide bonds. The third kappa shape index (κ3) is 8.90. The second-order valence-electron chi connectivity index (χ2n) is 0. The molecule has 0 saturated heterocycles. The molecule has 0 aromatic rings. The Morgan fingerprint density at radius 3 is 1.00 bits per heavy atom. The number of rotatable bonds is 0. The van der Waals surface area contributed by atoms with E-state index in [-0.39, 0.29) is 91.9 Å². The summed E-state index contributed by atoms with van der Waals surface area (Å²) >= 11 is 0. The molecule has 32 valence electrons. The van der Waals surface area contributed by atoms with Gasteiger partial charge in [-0.3, -0.25) is 0 Å². The van der Waals surface area contributed by atoms with Crippen LogP contribution in [0.1, 0.15) is 0 Å². The van der Waals surface area contributed by atoms with Crippen molar-refractivity contribution < 1.29 is 0 Å². The number of hydrogen-bond donors (Lipinski definition) is 0. The Labute approximate surface area is 90.1 Å². The van der Waals surface area contributed by atoms with E-state index < -0.39 is 0 Å². The minimum atomic E-state index is 0. The van der Waals surface area contributed by atoms with Crippen LogP contribution in [0.15, 0.2) is 0 Å². The topological polar surface area (TPSA) is 0 Å². The van der Waals surface area contributed by atoms with Gasteiger partial charge in [0, 0.05) is 0 Å². The van der Waals surface area contributed by atoms with Crippen LogP contribution in [-0.4, -0.2) is 91.9 Å². The van der Waals surface area contributed by atoms with Gasteiger partial charge in [0.05, 0.1) is 0 Å². The van der Waals surface area contributed by atoms with Crippen LogP contribution in [0.25, 0.3) is 0 Å². The zero-order valence-electron chi connectivity index (χ0n) is 1.91. The molecule has 0 rings (SSSR count). The second-order valence-corrected chi connectivity index (χ2v) is 0. The first kappa shape index (κ1) is 27.8. The van der Waals surface area contributed by atoms with Crippen LogP contribution in [-0.2, 0) is 0 Å². The molecule has 0 bridgehead atoms. The summed E-state index contributed by atoms with van der Waals surface area (Å²) < 4.78 is 0. The van der Waals surface area contributed by atoms with Gasteiger partial charge >= 0.3 is 91.9 Å². The van der Waals surface area contributed by atoms with Crippen LogP contribution in [0.2, 0.25) is 0 Å². The van der Waals surface area contributed by atoms with Crippen molar-refractivity contribution in [2.45, 2.75) is 0 Å². The molecule has 4 heavy (non-hydrogen) atoms. The van der Waals surface area contributed by atoms with Crippen LogP contribution in [0.4, 0.5) is 0 Å². The Morgan fingerprint density at radius 1 is 1.00 bits per heavy atom. The van der Waals surface area contributed by atoms with E-state index in [0.717, 1.165) is 0 Å². The van der Waals surface area contributed by atoms with Crippen LogP contribution < -0.4 is 0 Å². The fourth-order valence-corrected chi connectivity index (χ4v) is 0. The van der Waals surface area contributed by atoms with E-state index >= 15 is 0 Å². The van der Waals surface area contributed by atoms with Crippen LogP contribution >= 0.6 is 0 Å². The Hall–Kier alpha value is 3.03. The fraction of sp³-hybridized carbons (Fsp3) is 0. The second kappa shape index (κ2) is 16.6. The SMILES string of the molecule is [BiH3].[GeH4].[SbH3].[TeH2]. The first-order valence-corrected chi connectivity index (χ1v) is 0. The molecule has 0 saturated carbocycles. The first-order chi connectivity index (χ1) is 0. The average molecular weight is 543 g/mol. The Balaban J connectivity index is 0. The molecule has 0 radical (unpaired) electrons. The van der Waals surface area contributed by atoms with E-state index in [2.05, 4.69) is 0 Å². The first-order valence-electron chi connectivity index (χ1n) is 0. The third-order valence-corrected chi connectivity index (χ3v) is 0. The molecule has 0 aliphatic heterocycles. The van der Waals surface area contributed by atoms with Gasteiger partial charge in [0.2, 0.25) is 0 Å². The molecule has 0 nitrogen and oxygen atoms in total. The molecule has 0 aromatic carbocycles. The summed E-state index contributed by atoms with van der Waals surface area (Å²) in [6.45, 7) is 0. The van der Waals surface area contributed by atoms with E-state index in [1.54, 1.807) is 0 Å². The van der Waals surface area contributed by atoms with E-state index in [0.29, 0.717) is 0 Å². The summed E-state index contributed by atoms with van der Waals surface area (Å²) in [6.07, 6.45) is 0. The Morgan fingerprint density at radius 2 is 1.00 bits per heavy atom. The van der Waals surface area contributed by atoms with Crippen LogP contribution in [0, 0.1) is 0 Å². The molecule has 0 aromatic heterocycles. The summed E-state index contributed by atoms with van der Waals surface area (Å²) in [6, 6.07) is 0. The molecule has 0 atom stereocenters. The minimum absolute atomic E-state index is 0. The van der Waals surface area contributed by atoms with Crippen LogP contribution in [0.3, 0.4) is 0 Å². The molecule has 0 unspecified atom stereocenters. The molecule has 0 aliphatic rings. The molecule has 0 aliphatic carbocycles. The quantitative estimate of drug-likeness (QED) is 0.270. The monoisotopic (exact) mass is 546 g/mol. The molecule has 0 heterocycles. The fourth-order valence-electron chi connectivity index (χ4n) is 0. The van der Waals surface area contributed by atoms with Gasteiger partial charge in [-0.05, 0) is 0 Å². The van der Waals surface area contributed by atoms with Gasteiger partial charge in [-0.1, -0.05) is 0 Å². The van der Waals surface area contributed by atoms with Gasteiger partial charge in [0.15, 0.2) is 0 Å². The normalized spacial score (nSPS) is 0. The predicted molar refractivity (Wildman–Crippen MR) is 39.8 cm³/mol. The van der Waals surface area contributed by atoms with Crippen molar-refractivity contribution in [1.82, 2.24) is 0 Å². The van der Waals surface area contributed by atoms with Crippen molar-refractivity contribution in [3.05, 3.63) is 0 Å². The van der Waals surface area contributed by atoms with E-state index in [4.69, 9.17) is 0 Å². The van der Waals surface area contributed by atoms with E-state index in [1.165, 1.54) is 0 Å². The van der Waals surface area contributed by atoms with Crippen LogP contribution in [0.5, 0.6) is 0 Å². The molecule has 0 N–H and O–H groups in total. The van der Waals surface area contributed by atoms with Crippen molar-refractivity contribution in [3.8, 4) is 0 Å². The Bertz CT molecular complexity index is 8.00. The van der Waals surface area contributed by atoms with Crippen molar-refractivity contribution in [2.24, 2.45) is 0 Å². The molecule has 0 spiro atoms. The van der Waals surface area contributed by atoms with Crippen molar-refractivity contribution in [2.75, 3.05) is 0 Å². The maximum absolute atomic E-state index is 0. The summed E-state index contributed by atoms with van der Waals surface area (Å²) in [5.41, 5.74) is 0. The van der Waals surface area contributed by atoms with Gasteiger partial charge in [-0.2, -0.15) is 0 Å². The third-order valence-electron chi connectivity index (χ3n) is 0. The van der Waals surface area contributed by atoms with Crippen molar-refractivity contribution in [3.63, 3.8) is 0 Å². The van der Waals surface area contributed by atoms with E-state index in [1.807, 2.05) is 0 Å². The Kier molecular flexibility index (Phi) is 116. The van der Waals surface area contributed by atoms with E-state index in [9.17, 15) is 0 Å². The molecular formula is H12BiGeSbTe. The summed E-state index contributed by atoms with van der Waals surface area (Å²) in [4.78, 5) is 0. The van der Waals surface area contributed by atoms with Gasteiger partial charge < -0.3 is 0 Å².